The van der Waals surface area contributed by atoms with Crippen molar-refractivity contribution in [2.45, 2.75) is 32.4 Å². The van der Waals surface area contributed by atoms with Crippen LogP contribution in [0.5, 0.6) is 0 Å². The molecule has 1 atom stereocenters. The lowest BCUT2D eigenvalue weighted by Gasteiger charge is -2.32. The highest BCUT2D eigenvalue weighted by atomic mass is 16.5. The van der Waals surface area contributed by atoms with Crippen molar-refractivity contribution < 1.29 is 19.9 Å². The number of likely N-dealkylation sites (tertiary alicyclic amines) is 1. The highest BCUT2D eigenvalue weighted by Gasteiger charge is 2.28. The van der Waals surface area contributed by atoms with Crippen LogP contribution in [-0.4, -0.2) is 52.8 Å². The molecule has 3 rings (SSSR count). The molecule has 30 heavy (non-hydrogen) atoms. The molecule has 2 amide bonds. The smallest absolute Gasteiger partial charge is 0.268 e. The highest BCUT2D eigenvalue weighted by molar-refractivity contribution is 5.88. The van der Waals surface area contributed by atoms with Crippen LogP contribution in [0.4, 0.5) is 0 Å². The normalized spacial score (nSPS) is 16.1. The second-order valence-electron chi connectivity index (χ2n) is 7.73. The second kappa shape index (κ2) is 10.3. The Bertz CT molecular complexity index is 864. The molecule has 1 aliphatic rings. The van der Waals surface area contributed by atoms with Crippen LogP contribution in [0.3, 0.4) is 0 Å². The molecule has 2 aromatic rings. The van der Waals surface area contributed by atoms with Crippen molar-refractivity contribution in [1.82, 2.24) is 15.7 Å². The number of carbonyl (C=O) groups is 2. The first kappa shape index (κ1) is 22.0. The summed E-state index contributed by atoms with van der Waals surface area (Å²) in [5, 5.41) is 20.4. The van der Waals surface area contributed by atoms with Crippen LogP contribution in [0.1, 0.15) is 24.0 Å². The number of hydrogen-bond donors (Lipinski definition) is 4. The van der Waals surface area contributed by atoms with Gasteiger partial charge in [0.25, 0.3) is 5.91 Å². The fourth-order valence-electron chi connectivity index (χ4n) is 3.94. The summed E-state index contributed by atoms with van der Waals surface area (Å²) in [7, 11) is 0. The zero-order chi connectivity index (χ0) is 21.5. The van der Waals surface area contributed by atoms with Crippen molar-refractivity contribution in [1.29, 1.82) is 0 Å². The van der Waals surface area contributed by atoms with Gasteiger partial charge in [0, 0.05) is 12.5 Å². The van der Waals surface area contributed by atoms with E-state index in [4.69, 9.17) is 5.21 Å². The lowest BCUT2D eigenvalue weighted by atomic mass is 9.93. The van der Waals surface area contributed by atoms with E-state index in [0.717, 1.165) is 19.6 Å². The van der Waals surface area contributed by atoms with E-state index in [1.807, 2.05) is 18.2 Å². The molecule has 160 valence electrons. The summed E-state index contributed by atoms with van der Waals surface area (Å²) < 4.78 is 0. The Balaban J connectivity index is 1.58. The van der Waals surface area contributed by atoms with Gasteiger partial charge in [-0.05, 0) is 55.1 Å². The third-order valence-corrected chi connectivity index (χ3v) is 5.81. The molecule has 1 saturated heterocycles. The van der Waals surface area contributed by atoms with Crippen molar-refractivity contribution in [3.8, 4) is 11.1 Å². The standard InChI is InChI=1S/C23H29N3O4/c1-16-19(8-5-9-20(16)17-6-3-2-4-7-17)14-26-12-10-18(11-13-26)22(28)24-21(15-27)23(29)25-30/h2-9,18,21,27,30H,10-15H2,1H3,(H,24,28)(H,25,29). The first-order valence-corrected chi connectivity index (χ1v) is 10.2. The maximum atomic E-state index is 12.4. The van der Waals surface area contributed by atoms with Crippen molar-refractivity contribution in [2.24, 2.45) is 5.92 Å². The molecular formula is C23H29N3O4. The zero-order valence-electron chi connectivity index (χ0n) is 17.2. The lowest BCUT2D eigenvalue weighted by molar-refractivity contribution is -0.137. The predicted molar refractivity (Wildman–Crippen MR) is 114 cm³/mol. The number of aliphatic hydroxyl groups excluding tert-OH is 1. The van der Waals surface area contributed by atoms with Gasteiger partial charge in [0.05, 0.1) is 6.61 Å². The minimum Gasteiger partial charge on any atom is -0.394 e. The maximum Gasteiger partial charge on any atom is 0.268 e. The van der Waals surface area contributed by atoms with Crippen molar-refractivity contribution in [2.75, 3.05) is 19.7 Å². The summed E-state index contributed by atoms with van der Waals surface area (Å²) in [6, 6.07) is 15.6. The zero-order valence-corrected chi connectivity index (χ0v) is 17.2. The molecule has 0 aliphatic carbocycles. The number of hydroxylamine groups is 1. The molecule has 1 aliphatic heterocycles. The SMILES string of the molecule is Cc1c(CN2CCC(C(=O)NC(CO)C(=O)NO)CC2)cccc1-c1ccccc1. The number of amides is 2. The summed E-state index contributed by atoms with van der Waals surface area (Å²) in [5.74, 6) is -1.30. The van der Waals surface area contributed by atoms with Crippen molar-refractivity contribution in [3.05, 3.63) is 59.7 Å². The summed E-state index contributed by atoms with van der Waals surface area (Å²) >= 11 is 0. The largest absolute Gasteiger partial charge is 0.394 e. The van der Waals surface area contributed by atoms with Gasteiger partial charge < -0.3 is 10.4 Å². The van der Waals surface area contributed by atoms with Crippen LogP contribution < -0.4 is 10.8 Å². The fraction of sp³-hybridized carbons (Fsp3) is 0.391. The fourth-order valence-corrected chi connectivity index (χ4v) is 3.94. The molecule has 1 fully saturated rings. The number of piperidine rings is 1. The van der Waals surface area contributed by atoms with E-state index in [1.165, 1.54) is 27.7 Å². The first-order valence-electron chi connectivity index (χ1n) is 10.2. The monoisotopic (exact) mass is 411 g/mol. The van der Waals surface area contributed by atoms with Gasteiger partial charge in [0.1, 0.15) is 6.04 Å². The average Bonchev–Trinajstić information content (AvgIpc) is 2.79. The van der Waals surface area contributed by atoms with E-state index >= 15 is 0 Å². The Morgan fingerprint density at radius 2 is 1.80 bits per heavy atom. The molecular weight excluding hydrogens is 382 g/mol. The minimum absolute atomic E-state index is 0.210. The number of nitrogens with one attached hydrogen (secondary N) is 2. The van der Waals surface area contributed by atoms with Crippen molar-refractivity contribution in [3.63, 3.8) is 0 Å². The molecule has 1 heterocycles. The summed E-state index contributed by atoms with van der Waals surface area (Å²) in [4.78, 5) is 26.2. The van der Waals surface area contributed by atoms with Crippen LogP contribution in [0, 0.1) is 12.8 Å². The quantitative estimate of drug-likeness (QED) is 0.411. The number of benzene rings is 2. The topological polar surface area (TPSA) is 102 Å². The van der Waals surface area contributed by atoms with Gasteiger partial charge in [-0.2, -0.15) is 0 Å². The van der Waals surface area contributed by atoms with Crippen LogP contribution in [0.25, 0.3) is 11.1 Å². The molecule has 7 nitrogen and oxygen atoms in total. The van der Waals surface area contributed by atoms with Gasteiger partial charge in [-0.3, -0.25) is 19.7 Å². The molecule has 0 saturated carbocycles. The van der Waals surface area contributed by atoms with E-state index in [9.17, 15) is 14.7 Å². The van der Waals surface area contributed by atoms with Gasteiger partial charge in [-0.15, -0.1) is 0 Å². The number of carbonyl (C=O) groups excluding carboxylic acids is 2. The number of aliphatic hydroxyl groups is 1. The van der Waals surface area contributed by atoms with Crippen LogP contribution in [0.15, 0.2) is 48.5 Å². The average molecular weight is 412 g/mol. The molecule has 4 N–H and O–H groups in total. The molecule has 0 spiro atoms. The minimum atomic E-state index is -1.14. The van der Waals surface area contributed by atoms with E-state index in [2.05, 4.69) is 47.5 Å². The Morgan fingerprint density at radius 1 is 1.10 bits per heavy atom. The van der Waals surface area contributed by atoms with Gasteiger partial charge in [0.15, 0.2) is 0 Å². The maximum absolute atomic E-state index is 12.4. The van der Waals surface area contributed by atoms with E-state index < -0.39 is 18.6 Å². The van der Waals surface area contributed by atoms with Gasteiger partial charge in [0.2, 0.25) is 5.91 Å². The van der Waals surface area contributed by atoms with E-state index in [1.54, 1.807) is 0 Å². The van der Waals surface area contributed by atoms with Crippen molar-refractivity contribution >= 4 is 11.8 Å². The predicted octanol–water partition coefficient (Wildman–Crippen LogP) is 1.86. The van der Waals surface area contributed by atoms with E-state index in [-0.39, 0.29) is 11.8 Å². The Kier molecular flexibility index (Phi) is 7.57. The molecule has 0 radical (unpaired) electrons. The van der Waals surface area contributed by atoms with Crippen LogP contribution >= 0.6 is 0 Å². The van der Waals surface area contributed by atoms with E-state index in [0.29, 0.717) is 12.8 Å². The lowest BCUT2D eigenvalue weighted by Crippen LogP contribution is -2.51. The Hall–Kier alpha value is -2.74. The molecule has 2 aromatic carbocycles. The van der Waals surface area contributed by atoms with Gasteiger partial charge >= 0.3 is 0 Å². The number of nitrogens with zero attached hydrogens (tertiary/aromatic N) is 1. The first-order chi connectivity index (χ1) is 14.5. The number of hydrogen-bond acceptors (Lipinski definition) is 5. The Morgan fingerprint density at radius 3 is 2.43 bits per heavy atom. The third kappa shape index (κ3) is 5.24. The van der Waals surface area contributed by atoms with Crippen LogP contribution in [0.2, 0.25) is 0 Å². The molecule has 0 bridgehead atoms. The summed E-state index contributed by atoms with van der Waals surface area (Å²) in [6.45, 7) is 3.98. The molecule has 0 aromatic heterocycles. The van der Waals surface area contributed by atoms with Crippen LogP contribution in [-0.2, 0) is 16.1 Å². The summed E-state index contributed by atoms with van der Waals surface area (Å²) in [6.07, 6.45) is 1.37. The molecule has 1 unspecified atom stereocenters. The molecule has 7 heteroatoms. The van der Waals surface area contributed by atoms with Gasteiger partial charge in [-0.1, -0.05) is 48.5 Å². The highest BCUT2D eigenvalue weighted by Crippen LogP contribution is 2.27. The second-order valence-corrected chi connectivity index (χ2v) is 7.73. The number of rotatable bonds is 7. The van der Waals surface area contributed by atoms with Gasteiger partial charge in [-0.25, -0.2) is 5.48 Å². The third-order valence-electron chi connectivity index (χ3n) is 5.81. The Labute approximate surface area is 176 Å². The summed E-state index contributed by atoms with van der Waals surface area (Å²) in [5.41, 5.74) is 6.45.